The fourth-order valence-electron chi connectivity index (χ4n) is 6.38. The minimum absolute atomic E-state index is 0.0364. The van der Waals surface area contributed by atoms with Crippen LogP contribution in [0.1, 0.15) is 91.7 Å². The molecular formula is C31H52O3Si2. The smallest absolute Gasteiger partial charge is 0.250 e. The molecule has 0 saturated heterocycles. The lowest BCUT2D eigenvalue weighted by atomic mass is 9.58. The number of hydrogen-bond acceptors (Lipinski definition) is 3. The van der Waals surface area contributed by atoms with Crippen LogP contribution in [0.25, 0.3) is 6.08 Å². The van der Waals surface area contributed by atoms with Gasteiger partial charge < -0.3 is 14.0 Å². The predicted molar refractivity (Wildman–Crippen MR) is 158 cm³/mol. The zero-order chi connectivity index (χ0) is 26.9. The molecule has 0 heterocycles. The Morgan fingerprint density at radius 3 is 2.14 bits per heavy atom. The molecule has 1 aromatic rings. The maximum absolute atomic E-state index is 12.4. The fraction of sp³-hybridized carbons (Fsp3) is 0.742. The van der Waals surface area contributed by atoms with E-state index in [2.05, 4.69) is 98.9 Å². The van der Waals surface area contributed by atoms with Gasteiger partial charge >= 0.3 is 0 Å². The topological polar surface area (TPSA) is 38.7 Å². The molecule has 1 aromatic carbocycles. The van der Waals surface area contributed by atoms with Crippen LogP contribution in [0.3, 0.4) is 0 Å². The third-order valence-electron chi connectivity index (χ3n) is 11.0. The maximum atomic E-state index is 12.4. The normalized spacial score (nSPS) is 31.2. The lowest BCUT2D eigenvalue weighted by Gasteiger charge is -2.52. The number of aryl methyl sites for hydroxylation is 1. The Labute approximate surface area is 223 Å². The highest BCUT2D eigenvalue weighted by Crippen LogP contribution is 2.61. The molecule has 0 spiro atoms. The Hall–Kier alpha value is -0.886. The molecule has 2 fully saturated rings. The zero-order valence-electron chi connectivity index (χ0n) is 25.0. The van der Waals surface area contributed by atoms with E-state index in [1.54, 1.807) is 0 Å². The molecule has 0 aromatic heterocycles. The molecule has 3 aliphatic carbocycles. The summed E-state index contributed by atoms with van der Waals surface area (Å²) in [6.45, 7) is 25.6. The van der Waals surface area contributed by atoms with E-state index in [4.69, 9.17) is 8.85 Å². The largest absolute Gasteiger partial charge is 0.543 e. The summed E-state index contributed by atoms with van der Waals surface area (Å²) in [5, 5.41) is 12.7. The van der Waals surface area contributed by atoms with Gasteiger partial charge in [-0.25, -0.2) is 0 Å². The van der Waals surface area contributed by atoms with Crippen LogP contribution >= 0.6 is 0 Å². The Morgan fingerprint density at radius 1 is 0.889 bits per heavy atom. The first kappa shape index (κ1) is 28.1. The lowest BCUT2D eigenvalue weighted by Crippen LogP contribution is -2.54. The van der Waals surface area contributed by atoms with Crippen LogP contribution in [-0.2, 0) is 10.8 Å². The van der Waals surface area contributed by atoms with Gasteiger partial charge in [-0.2, -0.15) is 0 Å². The van der Waals surface area contributed by atoms with Gasteiger partial charge in [0.15, 0.2) is 8.32 Å². The van der Waals surface area contributed by atoms with Gasteiger partial charge in [0, 0.05) is 0 Å². The van der Waals surface area contributed by atoms with Gasteiger partial charge in [-0.05, 0) is 115 Å². The first-order chi connectivity index (χ1) is 16.3. The van der Waals surface area contributed by atoms with Crippen molar-refractivity contribution in [2.75, 3.05) is 0 Å². The Balaban J connectivity index is 1.62. The average molecular weight is 529 g/mol. The first-order valence-corrected chi connectivity index (χ1v) is 20.1. The van der Waals surface area contributed by atoms with Crippen LogP contribution in [0, 0.1) is 11.3 Å². The van der Waals surface area contributed by atoms with Crippen molar-refractivity contribution < 1.29 is 14.0 Å². The molecule has 0 amide bonds. The molecule has 1 N–H and O–H groups in total. The van der Waals surface area contributed by atoms with Crippen molar-refractivity contribution in [1.29, 1.82) is 0 Å². The minimum Gasteiger partial charge on any atom is -0.543 e. The second-order valence-electron chi connectivity index (χ2n) is 15.3. The van der Waals surface area contributed by atoms with E-state index < -0.39 is 22.2 Å². The summed E-state index contributed by atoms with van der Waals surface area (Å²) in [5.74, 6) is 1.24. The van der Waals surface area contributed by atoms with Gasteiger partial charge in [-0.15, -0.1) is 0 Å². The summed E-state index contributed by atoms with van der Waals surface area (Å²) in [6.07, 6.45) is 8.47. The van der Waals surface area contributed by atoms with E-state index in [-0.39, 0.29) is 27.5 Å². The molecule has 0 bridgehead atoms. The summed E-state index contributed by atoms with van der Waals surface area (Å²) in [4.78, 5) is 0. The van der Waals surface area contributed by atoms with Crippen LogP contribution in [0.15, 0.2) is 23.8 Å². The predicted octanol–water partition coefficient (Wildman–Crippen LogP) is 8.73. The van der Waals surface area contributed by atoms with Gasteiger partial charge in [0.1, 0.15) is 5.75 Å². The third-order valence-corrected chi connectivity index (χ3v) is 19.8. The van der Waals surface area contributed by atoms with E-state index in [1.807, 2.05) is 0 Å². The summed E-state index contributed by atoms with van der Waals surface area (Å²) in [6, 6.07) is 6.63. The van der Waals surface area contributed by atoms with E-state index in [1.165, 1.54) is 16.7 Å². The SMILES string of the molecule is CC(C)(C)[Si](C)(C)Oc1ccc2c(c1)C=C1CC[C@]3(C)[C@@H](O[Si](C)(C)C(C)(C)C)CC[C@H]3[C@@]1(O)CC2. The number of hydrogen-bond donors (Lipinski definition) is 1. The van der Waals surface area contributed by atoms with Gasteiger partial charge in [0.2, 0.25) is 8.32 Å². The zero-order valence-corrected chi connectivity index (χ0v) is 27.0. The monoisotopic (exact) mass is 528 g/mol. The Bertz CT molecular complexity index is 1030. The van der Waals surface area contributed by atoms with Gasteiger partial charge in [0.25, 0.3) is 0 Å². The van der Waals surface area contributed by atoms with Crippen LogP contribution < -0.4 is 4.43 Å². The second-order valence-corrected chi connectivity index (χ2v) is 24.8. The summed E-state index contributed by atoms with van der Waals surface area (Å²) >= 11 is 0. The van der Waals surface area contributed by atoms with E-state index in [0.717, 1.165) is 44.3 Å². The van der Waals surface area contributed by atoms with Crippen LogP contribution in [0.4, 0.5) is 0 Å². The number of rotatable bonds is 4. The van der Waals surface area contributed by atoms with E-state index >= 15 is 0 Å². The highest BCUT2D eigenvalue weighted by atomic mass is 28.4. The van der Waals surface area contributed by atoms with E-state index in [0.29, 0.717) is 0 Å². The van der Waals surface area contributed by atoms with Crippen molar-refractivity contribution in [2.24, 2.45) is 11.3 Å². The Morgan fingerprint density at radius 2 is 1.53 bits per heavy atom. The lowest BCUT2D eigenvalue weighted by molar-refractivity contribution is -0.0846. The molecular weight excluding hydrogens is 477 g/mol. The van der Waals surface area contributed by atoms with E-state index in [9.17, 15) is 5.11 Å². The van der Waals surface area contributed by atoms with Crippen LogP contribution in [0.2, 0.25) is 36.3 Å². The Kier molecular flexibility index (Phi) is 6.89. The van der Waals surface area contributed by atoms with Crippen LogP contribution in [-0.4, -0.2) is 33.4 Å². The van der Waals surface area contributed by atoms with Crippen molar-refractivity contribution in [1.82, 2.24) is 0 Å². The molecule has 3 nitrogen and oxygen atoms in total. The van der Waals surface area contributed by atoms with Crippen molar-refractivity contribution in [3.8, 4) is 5.75 Å². The molecule has 5 heteroatoms. The number of fused-ring (bicyclic) bond motifs is 4. The van der Waals surface area contributed by atoms with Gasteiger partial charge in [-0.3, -0.25) is 0 Å². The highest BCUT2D eigenvalue weighted by Gasteiger charge is 2.60. The van der Waals surface area contributed by atoms with Gasteiger partial charge in [0.05, 0.1) is 11.7 Å². The molecule has 202 valence electrons. The highest BCUT2D eigenvalue weighted by molar-refractivity contribution is 6.75. The number of aliphatic hydroxyl groups is 1. The summed E-state index contributed by atoms with van der Waals surface area (Å²) in [7, 11) is -3.77. The van der Waals surface area contributed by atoms with Crippen molar-refractivity contribution in [3.05, 3.63) is 34.9 Å². The molecule has 0 radical (unpaired) electrons. The standard InChI is InChI=1S/C31H52O3Si2/c1-28(2,3)35(8,9)33-25-13-12-22-16-19-31(32)24(20-23(22)21-25)17-18-30(7)26(31)14-15-27(30)34-36(10,11)29(4,5)6/h12-13,20-21,26-27,32H,14-19H2,1-11H3/t26-,27+,30+,31-/m1/s1. The first-order valence-electron chi connectivity index (χ1n) is 14.2. The fourth-order valence-corrected chi connectivity index (χ4v) is 8.86. The summed E-state index contributed by atoms with van der Waals surface area (Å²) in [5.41, 5.74) is 3.11. The molecule has 0 aliphatic heterocycles. The molecule has 3 aliphatic rings. The average Bonchev–Trinajstić information content (AvgIpc) is 2.96. The molecule has 0 unspecified atom stereocenters. The molecule has 2 saturated carbocycles. The number of benzene rings is 1. The third kappa shape index (κ3) is 4.71. The molecule has 4 atom stereocenters. The minimum atomic E-state index is -1.90. The van der Waals surface area contributed by atoms with Crippen LogP contribution in [0.5, 0.6) is 5.75 Å². The summed E-state index contributed by atoms with van der Waals surface area (Å²) < 4.78 is 13.7. The molecule has 36 heavy (non-hydrogen) atoms. The maximum Gasteiger partial charge on any atom is 0.250 e. The second kappa shape index (κ2) is 8.82. The molecule has 4 rings (SSSR count). The van der Waals surface area contributed by atoms with Gasteiger partial charge in [-0.1, -0.05) is 60.6 Å². The quantitative estimate of drug-likeness (QED) is 0.397. The van der Waals surface area contributed by atoms with Crippen molar-refractivity contribution >= 4 is 22.7 Å². The van der Waals surface area contributed by atoms with Crippen molar-refractivity contribution in [2.45, 2.75) is 135 Å². The van der Waals surface area contributed by atoms with Crippen molar-refractivity contribution in [3.63, 3.8) is 0 Å².